The van der Waals surface area contributed by atoms with Crippen LogP contribution in [0.25, 0.3) is 15.7 Å². The normalized spacial score (nSPS) is 18.0. The number of nitrogens with one attached hydrogen (secondary N) is 1. The standard InChI is InChI=1S/C23H26N6O4S/c1-24-16-12-19-18(21(13-16)34(31,32)17-3-4-17)14-25-29(19)20(11-15-6-9-33-10-7-15)23(30)26-22-5-8-28(2)27-22/h5,8,12-15,17,20H,3-4,6-7,9-11H2,2H3,(H,26,27,30)/t20-/m1/s1. The molecule has 1 N–H and O–H groups in total. The second kappa shape index (κ2) is 8.85. The molecule has 5 rings (SSSR count). The molecule has 34 heavy (non-hydrogen) atoms. The molecule has 3 heterocycles. The average Bonchev–Trinajstić information content (AvgIpc) is 3.51. The van der Waals surface area contributed by atoms with E-state index < -0.39 is 21.1 Å². The number of ether oxygens (including phenoxy) is 1. The first kappa shape index (κ1) is 22.6. The molecule has 0 spiro atoms. The number of carbonyl (C=O) groups is 1. The number of anilines is 1. The van der Waals surface area contributed by atoms with Crippen LogP contribution in [0.15, 0.2) is 35.5 Å². The van der Waals surface area contributed by atoms with Gasteiger partial charge in [0.15, 0.2) is 21.3 Å². The molecule has 0 radical (unpaired) electrons. The maximum absolute atomic E-state index is 13.5. The maximum atomic E-state index is 13.5. The first-order valence-electron chi connectivity index (χ1n) is 11.4. The van der Waals surface area contributed by atoms with Crippen LogP contribution in [0.4, 0.5) is 11.5 Å². The van der Waals surface area contributed by atoms with Gasteiger partial charge in [0.1, 0.15) is 6.04 Å². The minimum atomic E-state index is -3.56. The van der Waals surface area contributed by atoms with Crippen LogP contribution in [0.3, 0.4) is 0 Å². The molecule has 1 saturated heterocycles. The number of carbonyl (C=O) groups excluding carboxylic acids is 1. The van der Waals surface area contributed by atoms with Crippen molar-refractivity contribution >= 4 is 38.2 Å². The summed E-state index contributed by atoms with van der Waals surface area (Å²) in [7, 11) is -1.79. The van der Waals surface area contributed by atoms with Crippen LogP contribution in [0.2, 0.25) is 0 Å². The molecule has 1 aliphatic heterocycles. The average molecular weight is 483 g/mol. The number of hydrogen-bond acceptors (Lipinski definition) is 6. The molecule has 178 valence electrons. The van der Waals surface area contributed by atoms with Crippen molar-refractivity contribution in [1.82, 2.24) is 19.6 Å². The zero-order valence-corrected chi connectivity index (χ0v) is 19.7. The third kappa shape index (κ3) is 4.31. The smallest absolute Gasteiger partial charge is 0.250 e. The highest BCUT2D eigenvalue weighted by molar-refractivity contribution is 7.92. The van der Waals surface area contributed by atoms with Gasteiger partial charge in [-0.25, -0.2) is 13.3 Å². The predicted octanol–water partition coefficient (Wildman–Crippen LogP) is 3.25. The van der Waals surface area contributed by atoms with Gasteiger partial charge < -0.3 is 10.1 Å². The molecule has 11 heteroatoms. The van der Waals surface area contributed by atoms with Crippen molar-refractivity contribution in [3.05, 3.63) is 42.0 Å². The lowest BCUT2D eigenvalue weighted by Gasteiger charge is -2.26. The molecular weight excluding hydrogens is 456 g/mol. The third-order valence-electron chi connectivity index (χ3n) is 6.52. The summed E-state index contributed by atoms with van der Waals surface area (Å²) >= 11 is 0. The Morgan fingerprint density at radius 2 is 2.06 bits per heavy atom. The summed E-state index contributed by atoms with van der Waals surface area (Å²) in [5.74, 6) is 0.404. The summed E-state index contributed by atoms with van der Waals surface area (Å²) in [6.45, 7) is 8.80. The second-order valence-corrected chi connectivity index (χ2v) is 11.2. The van der Waals surface area contributed by atoms with Gasteiger partial charge in [-0.3, -0.25) is 14.2 Å². The van der Waals surface area contributed by atoms with Gasteiger partial charge in [-0.2, -0.15) is 10.2 Å². The summed E-state index contributed by atoms with van der Waals surface area (Å²) in [4.78, 5) is 17.1. The summed E-state index contributed by atoms with van der Waals surface area (Å²) in [6, 6.07) is 4.06. The summed E-state index contributed by atoms with van der Waals surface area (Å²) < 4.78 is 34.9. The fourth-order valence-electron chi connectivity index (χ4n) is 4.51. The monoisotopic (exact) mass is 482 g/mol. The third-order valence-corrected chi connectivity index (χ3v) is 8.82. The Balaban J connectivity index is 1.58. The lowest BCUT2D eigenvalue weighted by atomic mass is 9.92. The van der Waals surface area contributed by atoms with Gasteiger partial charge in [0.05, 0.1) is 28.4 Å². The van der Waals surface area contributed by atoms with Gasteiger partial charge in [-0.05, 0) is 50.2 Å². The lowest BCUT2D eigenvalue weighted by molar-refractivity contribution is -0.120. The van der Waals surface area contributed by atoms with Gasteiger partial charge in [0.25, 0.3) is 0 Å². The first-order valence-corrected chi connectivity index (χ1v) is 12.9. The maximum Gasteiger partial charge on any atom is 0.250 e. The number of benzene rings is 1. The zero-order chi connectivity index (χ0) is 23.9. The molecule has 2 aliphatic rings. The van der Waals surface area contributed by atoms with E-state index >= 15 is 0 Å². The predicted molar refractivity (Wildman–Crippen MR) is 125 cm³/mol. The highest BCUT2D eigenvalue weighted by Crippen LogP contribution is 2.39. The van der Waals surface area contributed by atoms with E-state index in [0.717, 1.165) is 12.8 Å². The molecule has 1 atom stereocenters. The Morgan fingerprint density at radius 3 is 2.71 bits per heavy atom. The van der Waals surface area contributed by atoms with Crippen molar-refractivity contribution in [3.63, 3.8) is 0 Å². The van der Waals surface area contributed by atoms with Crippen LogP contribution < -0.4 is 5.32 Å². The van der Waals surface area contributed by atoms with Crippen LogP contribution in [0.1, 0.15) is 38.1 Å². The van der Waals surface area contributed by atoms with E-state index in [1.165, 1.54) is 12.3 Å². The fourth-order valence-corrected chi connectivity index (χ4v) is 6.38. The Bertz CT molecular complexity index is 1380. The highest BCUT2D eigenvalue weighted by Gasteiger charge is 2.39. The van der Waals surface area contributed by atoms with Crippen molar-refractivity contribution in [2.45, 2.75) is 48.3 Å². The zero-order valence-electron chi connectivity index (χ0n) is 18.8. The molecule has 1 aliphatic carbocycles. The number of sulfone groups is 1. The van der Waals surface area contributed by atoms with Crippen LogP contribution in [0.5, 0.6) is 0 Å². The van der Waals surface area contributed by atoms with Crippen LogP contribution in [-0.2, 0) is 26.4 Å². The number of hydrogen-bond donors (Lipinski definition) is 1. The van der Waals surface area contributed by atoms with E-state index in [-0.39, 0.29) is 22.4 Å². The van der Waals surface area contributed by atoms with Crippen molar-refractivity contribution in [2.24, 2.45) is 13.0 Å². The summed E-state index contributed by atoms with van der Waals surface area (Å²) in [6.07, 6.45) is 6.68. The largest absolute Gasteiger partial charge is 0.381 e. The first-order chi connectivity index (χ1) is 16.4. The molecular formula is C23H26N6O4S. The van der Waals surface area contributed by atoms with Crippen LogP contribution in [-0.4, -0.2) is 52.3 Å². The SMILES string of the molecule is [C-]#[N+]c1cc(S(=O)(=O)C2CC2)c2cnn([C@H](CC3CCOCC3)C(=O)Nc3ccn(C)n3)c2c1. The number of nitrogens with zero attached hydrogens (tertiary/aromatic N) is 5. The quantitative estimate of drug-likeness (QED) is 0.518. The minimum Gasteiger partial charge on any atom is -0.381 e. The molecule has 1 aromatic carbocycles. The molecule has 1 saturated carbocycles. The topological polar surface area (TPSA) is 112 Å². The highest BCUT2D eigenvalue weighted by atomic mass is 32.2. The van der Waals surface area contributed by atoms with E-state index in [1.807, 2.05) is 0 Å². The van der Waals surface area contributed by atoms with Crippen molar-refractivity contribution in [1.29, 1.82) is 0 Å². The van der Waals surface area contributed by atoms with Crippen molar-refractivity contribution in [2.75, 3.05) is 18.5 Å². The van der Waals surface area contributed by atoms with Gasteiger partial charge in [-0.15, -0.1) is 0 Å². The second-order valence-electron chi connectivity index (χ2n) is 8.99. The van der Waals surface area contributed by atoms with Crippen LogP contribution >= 0.6 is 0 Å². The van der Waals surface area contributed by atoms with Crippen molar-refractivity contribution < 1.29 is 17.9 Å². The Kier molecular flexibility index (Phi) is 5.87. The Labute approximate surface area is 197 Å². The lowest BCUT2D eigenvalue weighted by Crippen LogP contribution is -2.30. The van der Waals surface area contributed by atoms with Gasteiger partial charge in [0.2, 0.25) is 5.91 Å². The van der Waals surface area contributed by atoms with E-state index in [2.05, 4.69) is 20.4 Å². The van der Waals surface area contributed by atoms with Crippen molar-refractivity contribution in [3.8, 4) is 0 Å². The molecule has 0 bridgehead atoms. The van der Waals surface area contributed by atoms with Gasteiger partial charge >= 0.3 is 0 Å². The summed E-state index contributed by atoms with van der Waals surface area (Å²) in [5, 5.41) is 11.6. The van der Waals surface area contributed by atoms with Crippen LogP contribution in [0, 0.1) is 12.5 Å². The number of aromatic nitrogens is 4. The van der Waals surface area contributed by atoms with Gasteiger partial charge in [0, 0.05) is 37.9 Å². The Morgan fingerprint density at radius 1 is 1.29 bits per heavy atom. The molecule has 2 aromatic heterocycles. The molecule has 3 aromatic rings. The number of aryl methyl sites for hydroxylation is 1. The van der Waals surface area contributed by atoms with E-state index in [4.69, 9.17) is 11.3 Å². The van der Waals surface area contributed by atoms with E-state index in [0.29, 0.717) is 49.2 Å². The number of fused-ring (bicyclic) bond motifs is 1. The molecule has 10 nitrogen and oxygen atoms in total. The van der Waals surface area contributed by atoms with Gasteiger partial charge in [-0.1, -0.05) is 0 Å². The summed E-state index contributed by atoms with van der Waals surface area (Å²) in [5.41, 5.74) is 0.685. The molecule has 1 amide bonds. The fraction of sp³-hybridized carbons (Fsp3) is 0.478. The molecule has 0 unspecified atom stereocenters. The molecule has 2 fully saturated rings. The van der Waals surface area contributed by atoms with E-state index in [9.17, 15) is 13.2 Å². The minimum absolute atomic E-state index is 0.125. The number of rotatable bonds is 7. The van der Waals surface area contributed by atoms with E-state index in [1.54, 1.807) is 34.7 Å². The Hall–Kier alpha value is -3.23. The number of amides is 1.